The summed E-state index contributed by atoms with van der Waals surface area (Å²) in [6.07, 6.45) is 0. The van der Waals surface area contributed by atoms with Crippen LogP contribution in [0.1, 0.15) is 42.4 Å². The number of aromatic hydroxyl groups is 2. The van der Waals surface area contributed by atoms with Crippen LogP contribution in [0.15, 0.2) is 42.5 Å². The quantitative estimate of drug-likeness (QED) is 0.590. The molecule has 0 fully saturated rings. The minimum Gasteiger partial charge on any atom is -0.508 e. The Morgan fingerprint density at radius 2 is 1.55 bits per heavy atom. The number of phenolic OH excluding ortho intramolecular Hbond substituents is 2. The highest BCUT2D eigenvalue weighted by molar-refractivity contribution is 14.1. The number of rotatable bonds is 4. The van der Waals surface area contributed by atoms with Gasteiger partial charge in [0.2, 0.25) is 0 Å². The van der Waals surface area contributed by atoms with Crippen LogP contribution >= 0.6 is 22.6 Å². The second-order valence-corrected chi connectivity index (χ2v) is 6.07. The fourth-order valence-electron chi connectivity index (χ4n) is 2.26. The van der Waals surface area contributed by atoms with Crippen molar-refractivity contribution in [1.82, 2.24) is 0 Å². The standard InChI is InChI=1S/C17H19IO2/c1-11(10-18)14-5-8-17(20)16(9-14)12(2)13-3-6-15(19)7-4-13/h3-9,11-12,19-20H,10H2,1-2H3. The van der Waals surface area contributed by atoms with E-state index in [1.165, 1.54) is 5.56 Å². The SMILES string of the molecule is CC(CI)c1ccc(O)c(C(C)c2ccc(O)cc2)c1. The maximum Gasteiger partial charge on any atom is 0.119 e. The highest BCUT2D eigenvalue weighted by Crippen LogP contribution is 2.34. The molecule has 0 aromatic heterocycles. The second-order valence-electron chi connectivity index (χ2n) is 5.19. The zero-order valence-electron chi connectivity index (χ0n) is 11.7. The highest BCUT2D eigenvalue weighted by atomic mass is 127. The number of hydrogen-bond donors (Lipinski definition) is 2. The Morgan fingerprint density at radius 1 is 0.950 bits per heavy atom. The molecule has 2 rings (SSSR count). The summed E-state index contributed by atoms with van der Waals surface area (Å²) in [7, 11) is 0. The summed E-state index contributed by atoms with van der Waals surface area (Å²) in [4.78, 5) is 0. The van der Waals surface area contributed by atoms with E-state index in [2.05, 4.69) is 42.5 Å². The molecule has 20 heavy (non-hydrogen) atoms. The summed E-state index contributed by atoms with van der Waals surface area (Å²) in [5, 5.41) is 19.5. The van der Waals surface area contributed by atoms with Crippen LogP contribution < -0.4 is 0 Å². The monoisotopic (exact) mass is 382 g/mol. The van der Waals surface area contributed by atoms with Gasteiger partial charge in [-0.25, -0.2) is 0 Å². The molecule has 106 valence electrons. The third-order valence-electron chi connectivity index (χ3n) is 3.71. The van der Waals surface area contributed by atoms with Crippen LogP contribution in [-0.2, 0) is 0 Å². The van der Waals surface area contributed by atoms with Crippen LogP contribution in [0.25, 0.3) is 0 Å². The summed E-state index contributed by atoms with van der Waals surface area (Å²) in [6, 6.07) is 13.0. The summed E-state index contributed by atoms with van der Waals surface area (Å²) >= 11 is 2.38. The molecule has 2 aromatic carbocycles. The maximum absolute atomic E-state index is 10.1. The zero-order chi connectivity index (χ0) is 14.7. The number of phenols is 2. The van der Waals surface area contributed by atoms with E-state index in [4.69, 9.17) is 0 Å². The molecule has 2 aromatic rings. The van der Waals surface area contributed by atoms with Gasteiger partial charge in [0, 0.05) is 15.9 Å². The number of alkyl halides is 1. The highest BCUT2D eigenvalue weighted by Gasteiger charge is 2.15. The van der Waals surface area contributed by atoms with Gasteiger partial charge in [-0.05, 0) is 35.2 Å². The summed E-state index contributed by atoms with van der Waals surface area (Å²) in [5.41, 5.74) is 3.26. The third kappa shape index (κ3) is 3.26. The van der Waals surface area contributed by atoms with Crippen LogP contribution in [0.2, 0.25) is 0 Å². The minimum absolute atomic E-state index is 0.0944. The predicted octanol–water partition coefficient (Wildman–Crippen LogP) is 4.79. The van der Waals surface area contributed by atoms with E-state index in [0.29, 0.717) is 11.7 Å². The van der Waals surface area contributed by atoms with Crippen molar-refractivity contribution in [3.8, 4) is 11.5 Å². The Labute approximate surface area is 133 Å². The van der Waals surface area contributed by atoms with Gasteiger partial charge in [-0.15, -0.1) is 0 Å². The lowest BCUT2D eigenvalue weighted by atomic mass is 9.89. The molecule has 0 heterocycles. The van der Waals surface area contributed by atoms with E-state index >= 15 is 0 Å². The van der Waals surface area contributed by atoms with Crippen LogP contribution in [0.5, 0.6) is 11.5 Å². The Balaban J connectivity index is 2.38. The largest absolute Gasteiger partial charge is 0.508 e. The average molecular weight is 382 g/mol. The zero-order valence-corrected chi connectivity index (χ0v) is 13.8. The summed E-state index contributed by atoms with van der Waals surface area (Å²) < 4.78 is 1.05. The molecule has 0 aliphatic heterocycles. The Morgan fingerprint density at radius 3 is 2.15 bits per heavy atom. The van der Waals surface area contributed by atoms with Gasteiger partial charge in [-0.1, -0.05) is 60.7 Å². The smallest absolute Gasteiger partial charge is 0.119 e. The molecule has 0 aliphatic carbocycles. The van der Waals surface area contributed by atoms with Gasteiger partial charge in [0.25, 0.3) is 0 Å². The molecular formula is C17H19IO2. The molecule has 0 saturated heterocycles. The fraction of sp³-hybridized carbons (Fsp3) is 0.294. The topological polar surface area (TPSA) is 40.5 Å². The molecule has 2 unspecified atom stereocenters. The van der Waals surface area contributed by atoms with E-state index in [0.717, 1.165) is 15.6 Å². The van der Waals surface area contributed by atoms with Crippen molar-refractivity contribution < 1.29 is 10.2 Å². The number of benzene rings is 2. The van der Waals surface area contributed by atoms with Crippen molar-refractivity contribution in [2.24, 2.45) is 0 Å². The first kappa shape index (κ1) is 15.2. The summed E-state index contributed by atoms with van der Waals surface area (Å²) in [5.74, 6) is 1.16. The lowest BCUT2D eigenvalue weighted by Crippen LogP contribution is -2.00. The molecule has 0 saturated carbocycles. The molecular weight excluding hydrogens is 363 g/mol. The first-order valence-corrected chi connectivity index (χ1v) is 8.23. The number of halogens is 1. The van der Waals surface area contributed by atoms with Crippen molar-refractivity contribution in [2.45, 2.75) is 25.7 Å². The van der Waals surface area contributed by atoms with Gasteiger partial charge in [0.1, 0.15) is 11.5 Å². The lowest BCUT2D eigenvalue weighted by molar-refractivity contribution is 0.465. The van der Waals surface area contributed by atoms with Gasteiger partial charge in [-0.2, -0.15) is 0 Å². The molecule has 2 atom stereocenters. The molecule has 0 radical (unpaired) electrons. The minimum atomic E-state index is 0.0944. The fourth-order valence-corrected chi connectivity index (χ4v) is 2.77. The van der Waals surface area contributed by atoms with E-state index < -0.39 is 0 Å². The Hall–Kier alpha value is -1.23. The van der Waals surface area contributed by atoms with E-state index in [1.807, 2.05) is 18.2 Å². The molecule has 0 aliphatic rings. The third-order valence-corrected chi connectivity index (χ3v) is 5.03. The van der Waals surface area contributed by atoms with Gasteiger partial charge in [-0.3, -0.25) is 0 Å². The van der Waals surface area contributed by atoms with E-state index in [-0.39, 0.29) is 11.7 Å². The van der Waals surface area contributed by atoms with Gasteiger partial charge >= 0.3 is 0 Å². The average Bonchev–Trinajstić information content (AvgIpc) is 2.47. The molecule has 0 amide bonds. The lowest BCUT2D eigenvalue weighted by Gasteiger charge is -2.17. The van der Waals surface area contributed by atoms with Crippen molar-refractivity contribution in [3.05, 3.63) is 59.2 Å². The Bertz CT molecular complexity index is 578. The first-order chi connectivity index (χ1) is 9.52. The second kappa shape index (κ2) is 6.48. The van der Waals surface area contributed by atoms with Crippen molar-refractivity contribution in [1.29, 1.82) is 0 Å². The van der Waals surface area contributed by atoms with Crippen LogP contribution in [0, 0.1) is 0 Å². The van der Waals surface area contributed by atoms with E-state index in [1.54, 1.807) is 18.2 Å². The molecule has 0 spiro atoms. The van der Waals surface area contributed by atoms with Crippen LogP contribution in [0.3, 0.4) is 0 Å². The molecule has 3 heteroatoms. The van der Waals surface area contributed by atoms with Gasteiger partial charge < -0.3 is 10.2 Å². The summed E-state index contributed by atoms with van der Waals surface area (Å²) in [6.45, 7) is 4.26. The maximum atomic E-state index is 10.1. The van der Waals surface area contributed by atoms with Crippen molar-refractivity contribution in [2.75, 3.05) is 4.43 Å². The van der Waals surface area contributed by atoms with Crippen LogP contribution in [0.4, 0.5) is 0 Å². The van der Waals surface area contributed by atoms with E-state index in [9.17, 15) is 10.2 Å². The predicted molar refractivity (Wildman–Crippen MR) is 91.0 cm³/mol. The Kier molecular flexibility index (Phi) is 4.91. The molecule has 2 N–H and O–H groups in total. The van der Waals surface area contributed by atoms with Crippen molar-refractivity contribution >= 4 is 22.6 Å². The molecule has 2 nitrogen and oxygen atoms in total. The molecule has 0 bridgehead atoms. The van der Waals surface area contributed by atoms with Gasteiger partial charge in [0.05, 0.1) is 0 Å². The van der Waals surface area contributed by atoms with Crippen LogP contribution in [-0.4, -0.2) is 14.6 Å². The first-order valence-electron chi connectivity index (χ1n) is 6.70. The van der Waals surface area contributed by atoms with Crippen molar-refractivity contribution in [3.63, 3.8) is 0 Å². The normalized spacial score (nSPS) is 13.9. The van der Waals surface area contributed by atoms with Gasteiger partial charge in [0.15, 0.2) is 0 Å². The number of hydrogen-bond acceptors (Lipinski definition) is 2.